The number of hydrogen-bond acceptors (Lipinski definition) is 5. The van der Waals surface area contributed by atoms with Crippen LogP contribution in [0.15, 0.2) is 64.1 Å². The Balaban J connectivity index is 1.71. The Bertz CT molecular complexity index is 984. The van der Waals surface area contributed by atoms with Crippen LogP contribution in [0.1, 0.15) is 5.69 Å². The van der Waals surface area contributed by atoms with Crippen molar-refractivity contribution in [3.8, 4) is 5.69 Å². The van der Waals surface area contributed by atoms with Crippen LogP contribution in [0.2, 0.25) is 0 Å². The van der Waals surface area contributed by atoms with Crippen molar-refractivity contribution in [3.05, 3.63) is 71.1 Å². The summed E-state index contributed by atoms with van der Waals surface area (Å²) >= 11 is 0. The van der Waals surface area contributed by atoms with Crippen LogP contribution in [-0.2, 0) is 6.54 Å². The Morgan fingerprint density at radius 1 is 1.09 bits per heavy atom. The molecule has 7 heteroatoms. The van der Waals surface area contributed by atoms with Crippen LogP contribution in [0.4, 0.5) is 0 Å². The van der Waals surface area contributed by atoms with Gasteiger partial charge < -0.3 is 4.42 Å². The highest BCUT2D eigenvalue weighted by molar-refractivity contribution is 5.67. The van der Waals surface area contributed by atoms with Gasteiger partial charge in [0.2, 0.25) is 0 Å². The zero-order valence-electron chi connectivity index (χ0n) is 11.5. The second-order valence-corrected chi connectivity index (χ2v) is 4.74. The van der Waals surface area contributed by atoms with E-state index < -0.39 is 5.76 Å². The first-order valence-corrected chi connectivity index (χ1v) is 6.72. The molecule has 0 unspecified atom stereocenters. The van der Waals surface area contributed by atoms with E-state index in [1.54, 1.807) is 24.5 Å². The Hall–Kier alpha value is -3.22. The summed E-state index contributed by atoms with van der Waals surface area (Å²) < 4.78 is 6.59. The highest BCUT2D eigenvalue weighted by Crippen LogP contribution is 2.10. The van der Waals surface area contributed by atoms with E-state index in [1.807, 2.05) is 30.3 Å². The van der Waals surface area contributed by atoms with Crippen LogP contribution >= 0.6 is 0 Å². The first-order valence-electron chi connectivity index (χ1n) is 6.72. The van der Waals surface area contributed by atoms with Gasteiger partial charge in [-0.15, -0.1) is 0 Å². The molecule has 3 heterocycles. The smallest absolute Gasteiger partial charge is 0.406 e. The molecule has 0 bridgehead atoms. The molecule has 0 saturated carbocycles. The molecular formula is C15H11N5O2. The lowest BCUT2D eigenvalue weighted by atomic mass is 10.3. The van der Waals surface area contributed by atoms with Crippen molar-refractivity contribution >= 4 is 11.2 Å². The van der Waals surface area contributed by atoms with Crippen LogP contribution < -0.4 is 5.76 Å². The third-order valence-corrected chi connectivity index (χ3v) is 3.27. The van der Waals surface area contributed by atoms with Crippen LogP contribution in [0.5, 0.6) is 0 Å². The summed E-state index contributed by atoms with van der Waals surface area (Å²) in [5.41, 5.74) is 2.47. The third-order valence-electron chi connectivity index (χ3n) is 3.27. The van der Waals surface area contributed by atoms with Crippen molar-refractivity contribution in [2.45, 2.75) is 6.54 Å². The molecule has 0 radical (unpaired) electrons. The van der Waals surface area contributed by atoms with Gasteiger partial charge in [0.05, 0.1) is 18.4 Å². The summed E-state index contributed by atoms with van der Waals surface area (Å²) in [6.45, 7) is 0.260. The minimum atomic E-state index is -0.456. The Morgan fingerprint density at radius 2 is 1.95 bits per heavy atom. The number of para-hydroxylation sites is 1. The molecule has 4 rings (SSSR count). The summed E-state index contributed by atoms with van der Waals surface area (Å²) in [7, 11) is 0. The fourth-order valence-electron chi connectivity index (χ4n) is 2.25. The van der Waals surface area contributed by atoms with Gasteiger partial charge in [-0.1, -0.05) is 18.2 Å². The van der Waals surface area contributed by atoms with Crippen LogP contribution in [0.3, 0.4) is 0 Å². The van der Waals surface area contributed by atoms with Gasteiger partial charge in [-0.2, -0.15) is 15.0 Å². The van der Waals surface area contributed by atoms with E-state index in [4.69, 9.17) is 4.42 Å². The molecule has 22 heavy (non-hydrogen) atoms. The van der Waals surface area contributed by atoms with Crippen molar-refractivity contribution in [2.24, 2.45) is 0 Å². The van der Waals surface area contributed by atoms with Gasteiger partial charge in [0.25, 0.3) is 0 Å². The molecule has 0 aliphatic rings. The first kappa shape index (κ1) is 12.5. The second kappa shape index (κ2) is 4.96. The van der Waals surface area contributed by atoms with Crippen molar-refractivity contribution in [1.82, 2.24) is 24.5 Å². The Morgan fingerprint density at radius 3 is 2.82 bits per heavy atom. The minimum absolute atomic E-state index is 0.260. The number of oxazole rings is 1. The molecule has 0 saturated heterocycles. The molecule has 7 nitrogen and oxygen atoms in total. The Labute approximate surface area is 124 Å². The topological polar surface area (TPSA) is 78.7 Å². The molecule has 0 amide bonds. The van der Waals surface area contributed by atoms with Crippen LogP contribution in [0.25, 0.3) is 16.9 Å². The lowest BCUT2D eigenvalue weighted by Crippen LogP contribution is -2.15. The van der Waals surface area contributed by atoms with Crippen molar-refractivity contribution in [3.63, 3.8) is 0 Å². The molecule has 108 valence electrons. The maximum atomic E-state index is 11.9. The lowest BCUT2D eigenvalue weighted by molar-refractivity contribution is 0.515. The number of fused-ring (bicyclic) bond motifs is 1. The van der Waals surface area contributed by atoms with Gasteiger partial charge in [-0.05, 0) is 24.3 Å². The van der Waals surface area contributed by atoms with Crippen molar-refractivity contribution < 1.29 is 4.42 Å². The van der Waals surface area contributed by atoms with E-state index in [2.05, 4.69) is 15.2 Å². The standard InChI is InChI=1S/C15H11N5O2/c21-15-19(14-13(22-15)7-4-8-16-14)10-11-9-17-20(18-11)12-5-2-1-3-6-12/h1-9H,10H2. The maximum absolute atomic E-state index is 11.9. The molecule has 4 aromatic rings. The van der Waals surface area contributed by atoms with E-state index in [-0.39, 0.29) is 6.54 Å². The fourth-order valence-corrected chi connectivity index (χ4v) is 2.25. The van der Waals surface area contributed by atoms with Crippen LogP contribution in [-0.4, -0.2) is 24.5 Å². The molecule has 0 aliphatic carbocycles. The number of aromatic nitrogens is 5. The highest BCUT2D eigenvalue weighted by atomic mass is 16.4. The number of hydrogen-bond donors (Lipinski definition) is 0. The molecule has 0 aliphatic heterocycles. The molecule has 0 spiro atoms. The number of nitrogens with zero attached hydrogens (tertiary/aromatic N) is 5. The van der Waals surface area contributed by atoms with Gasteiger partial charge in [0.1, 0.15) is 5.69 Å². The number of pyridine rings is 1. The number of benzene rings is 1. The average Bonchev–Trinajstić information content (AvgIpc) is 3.14. The normalized spacial score (nSPS) is 11.1. The van der Waals surface area contributed by atoms with Gasteiger partial charge in [0, 0.05) is 6.20 Å². The summed E-state index contributed by atoms with van der Waals surface area (Å²) in [5, 5.41) is 8.60. The zero-order valence-corrected chi connectivity index (χ0v) is 11.5. The molecule has 1 aromatic carbocycles. The summed E-state index contributed by atoms with van der Waals surface area (Å²) in [4.78, 5) is 17.6. The quantitative estimate of drug-likeness (QED) is 0.573. The summed E-state index contributed by atoms with van der Waals surface area (Å²) in [5.74, 6) is -0.456. The van der Waals surface area contributed by atoms with E-state index >= 15 is 0 Å². The predicted molar refractivity (Wildman–Crippen MR) is 78.7 cm³/mol. The molecule has 3 aromatic heterocycles. The summed E-state index contributed by atoms with van der Waals surface area (Å²) in [6.07, 6.45) is 3.25. The van der Waals surface area contributed by atoms with Gasteiger partial charge >= 0.3 is 5.76 Å². The average molecular weight is 293 g/mol. The molecular weight excluding hydrogens is 282 g/mol. The largest absolute Gasteiger partial charge is 0.421 e. The minimum Gasteiger partial charge on any atom is -0.406 e. The van der Waals surface area contributed by atoms with Crippen molar-refractivity contribution in [2.75, 3.05) is 0 Å². The monoisotopic (exact) mass is 293 g/mol. The van der Waals surface area contributed by atoms with Gasteiger partial charge in [-0.3, -0.25) is 4.57 Å². The van der Waals surface area contributed by atoms with E-state index in [0.717, 1.165) is 5.69 Å². The van der Waals surface area contributed by atoms with Crippen LogP contribution in [0, 0.1) is 0 Å². The maximum Gasteiger partial charge on any atom is 0.421 e. The molecule has 0 atom stereocenters. The predicted octanol–water partition coefficient (Wildman–Crippen LogP) is 1.62. The molecule has 0 N–H and O–H groups in total. The SMILES string of the molecule is O=c1oc2cccnc2n1Cc1cnn(-c2ccccc2)n1. The van der Waals surface area contributed by atoms with E-state index in [9.17, 15) is 4.79 Å². The summed E-state index contributed by atoms with van der Waals surface area (Å²) in [6, 6.07) is 13.0. The van der Waals surface area contributed by atoms with Gasteiger partial charge in [0.15, 0.2) is 11.2 Å². The number of rotatable bonds is 3. The lowest BCUT2D eigenvalue weighted by Gasteiger charge is -1.99. The zero-order chi connectivity index (χ0) is 14.9. The molecule has 0 fully saturated rings. The first-order chi connectivity index (χ1) is 10.8. The highest BCUT2D eigenvalue weighted by Gasteiger charge is 2.12. The van der Waals surface area contributed by atoms with E-state index in [1.165, 1.54) is 9.36 Å². The van der Waals surface area contributed by atoms with Crippen molar-refractivity contribution in [1.29, 1.82) is 0 Å². The second-order valence-electron chi connectivity index (χ2n) is 4.74. The Kier molecular flexibility index (Phi) is 2.82. The van der Waals surface area contributed by atoms with E-state index in [0.29, 0.717) is 16.9 Å². The fraction of sp³-hybridized carbons (Fsp3) is 0.0667. The van der Waals surface area contributed by atoms with Gasteiger partial charge in [-0.25, -0.2) is 9.78 Å². The third kappa shape index (κ3) is 2.08.